The van der Waals surface area contributed by atoms with E-state index in [-0.39, 0.29) is 18.1 Å². The van der Waals surface area contributed by atoms with E-state index in [1.54, 1.807) is 17.0 Å². The van der Waals surface area contributed by atoms with Gasteiger partial charge in [0.05, 0.1) is 13.2 Å². The highest BCUT2D eigenvalue weighted by Crippen LogP contribution is 2.27. The lowest BCUT2D eigenvalue weighted by molar-refractivity contribution is -0.274. The normalized spacial score (nSPS) is 14.5. The molecule has 1 aliphatic heterocycles. The van der Waals surface area contributed by atoms with Gasteiger partial charge in [0.15, 0.2) is 12.4 Å². The lowest BCUT2D eigenvalue weighted by Crippen LogP contribution is -2.42. The van der Waals surface area contributed by atoms with Crippen molar-refractivity contribution in [3.63, 3.8) is 0 Å². The number of benzene rings is 2. The van der Waals surface area contributed by atoms with Crippen LogP contribution < -0.4 is 9.47 Å². The number of hydrogen-bond acceptors (Lipinski definition) is 5. The van der Waals surface area contributed by atoms with Gasteiger partial charge in [-0.2, -0.15) is 0 Å². The summed E-state index contributed by atoms with van der Waals surface area (Å²) in [5.74, 6) is -0.525. The molecular weight excluding hydrogens is 415 g/mol. The third kappa shape index (κ3) is 6.85. The molecule has 0 saturated carbocycles. The minimum absolute atomic E-state index is 0.120. The summed E-state index contributed by atoms with van der Waals surface area (Å²) in [6.07, 6.45) is -2.40. The SMILES string of the molecule is O=C(C=Cc1ccccc1OC(F)(F)F)c1ccc(OCC(=O)N2CCOCC2)cc1. The fraction of sp³-hybridized carbons (Fsp3) is 0.273. The molecule has 1 amide bonds. The number of hydrogen-bond donors (Lipinski definition) is 0. The average Bonchev–Trinajstić information content (AvgIpc) is 2.76. The molecule has 1 saturated heterocycles. The third-order valence-corrected chi connectivity index (χ3v) is 4.42. The van der Waals surface area contributed by atoms with E-state index in [0.717, 1.165) is 6.08 Å². The minimum atomic E-state index is -4.83. The van der Waals surface area contributed by atoms with Crippen LogP contribution in [0, 0.1) is 0 Å². The van der Waals surface area contributed by atoms with Gasteiger partial charge in [-0.3, -0.25) is 9.59 Å². The number of halogens is 3. The molecule has 1 heterocycles. The molecule has 0 bridgehead atoms. The maximum absolute atomic E-state index is 12.5. The third-order valence-electron chi connectivity index (χ3n) is 4.42. The predicted octanol–water partition coefficient (Wildman–Crippen LogP) is 3.72. The zero-order valence-corrected chi connectivity index (χ0v) is 16.4. The number of carbonyl (C=O) groups is 2. The number of nitrogens with zero attached hydrogens (tertiary/aromatic N) is 1. The summed E-state index contributed by atoms with van der Waals surface area (Å²) in [6, 6.07) is 11.6. The van der Waals surface area contributed by atoms with Gasteiger partial charge < -0.3 is 19.1 Å². The van der Waals surface area contributed by atoms with Crippen molar-refractivity contribution in [2.75, 3.05) is 32.9 Å². The Kier molecular flexibility index (Phi) is 7.30. The number of allylic oxidation sites excluding steroid dienone is 1. The van der Waals surface area contributed by atoms with E-state index in [1.807, 2.05) is 0 Å². The van der Waals surface area contributed by atoms with Gasteiger partial charge in [-0.15, -0.1) is 13.2 Å². The standard InChI is InChI=1S/C22H20F3NO5/c23-22(24,25)31-20-4-2-1-3-17(20)7-10-19(27)16-5-8-18(9-6-16)30-15-21(28)26-11-13-29-14-12-26/h1-10H,11-15H2. The number of morpholine rings is 1. The molecule has 9 heteroatoms. The Balaban J connectivity index is 1.57. The predicted molar refractivity (Wildman–Crippen MR) is 106 cm³/mol. The maximum Gasteiger partial charge on any atom is 0.573 e. The van der Waals surface area contributed by atoms with Crippen LogP contribution in [0.4, 0.5) is 13.2 Å². The van der Waals surface area contributed by atoms with Crippen LogP contribution in [0.25, 0.3) is 6.08 Å². The molecule has 3 rings (SSSR count). The Bertz CT molecular complexity index is 935. The molecule has 164 valence electrons. The number of amides is 1. The number of carbonyl (C=O) groups excluding carboxylic acids is 2. The van der Waals surface area contributed by atoms with Gasteiger partial charge in [0.25, 0.3) is 5.91 Å². The Morgan fingerprint density at radius 2 is 1.71 bits per heavy atom. The van der Waals surface area contributed by atoms with Gasteiger partial charge in [-0.05, 0) is 42.5 Å². The first kappa shape index (κ1) is 22.4. The number of ether oxygens (including phenoxy) is 3. The van der Waals surface area contributed by atoms with Crippen LogP contribution in [0.5, 0.6) is 11.5 Å². The molecule has 0 aromatic heterocycles. The van der Waals surface area contributed by atoms with Crippen LogP contribution >= 0.6 is 0 Å². The summed E-state index contributed by atoms with van der Waals surface area (Å²) in [6.45, 7) is 1.94. The van der Waals surface area contributed by atoms with Crippen LogP contribution in [-0.4, -0.2) is 55.9 Å². The van der Waals surface area contributed by atoms with Crippen LogP contribution in [0.2, 0.25) is 0 Å². The second-order valence-corrected chi connectivity index (χ2v) is 6.59. The molecule has 0 spiro atoms. The van der Waals surface area contributed by atoms with Crippen molar-refractivity contribution in [1.82, 2.24) is 4.90 Å². The topological polar surface area (TPSA) is 65.1 Å². The summed E-state index contributed by atoms with van der Waals surface area (Å²) in [7, 11) is 0. The number of ketones is 1. The number of para-hydroxylation sites is 1. The molecule has 1 aliphatic rings. The lowest BCUT2D eigenvalue weighted by Gasteiger charge is -2.26. The van der Waals surface area contributed by atoms with Crippen molar-refractivity contribution in [1.29, 1.82) is 0 Å². The number of rotatable bonds is 7. The molecule has 31 heavy (non-hydrogen) atoms. The van der Waals surface area contributed by atoms with E-state index >= 15 is 0 Å². The lowest BCUT2D eigenvalue weighted by atomic mass is 10.1. The highest BCUT2D eigenvalue weighted by atomic mass is 19.4. The van der Waals surface area contributed by atoms with Crippen molar-refractivity contribution >= 4 is 17.8 Å². The first-order chi connectivity index (χ1) is 14.8. The first-order valence-electron chi connectivity index (χ1n) is 9.47. The summed E-state index contributed by atoms with van der Waals surface area (Å²) < 4.78 is 52.1. The zero-order valence-electron chi connectivity index (χ0n) is 16.4. The maximum atomic E-state index is 12.5. The highest BCUT2D eigenvalue weighted by Gasteiger charge is 2.31. The van der Waals surface area contributed by atoms with E-state index in [9.17, 15) is 22.8 Å². The van der Waals surface area contributed by atoms with Crippen molar-refractivity contribution in [3.05, 3.63) is 65.7 Å². The molecule has 0 atom stereocenters. The smallest absolute Gasteiger partial charge is 0.484 e. The van der Waals surface area contributed by atoms with Crippen molar-refractivity contribution in [2.24, 2.45) is 0 Å². The molecular formula is C22H20F3NO5. The molecule has 2 aromatic carbocycles. The molecule has 2 aromatic rings. The minimum Gasteiger partial charge on any atom is -0.484 e. The summed E-state index contributed by atoms with van der Waals surface area (Å²) in [5, 5.41) is 0. The summed E-state index contributed by atoms with van der Waals surface area (Å²) >= 11 is 0. The highest BCUT2D eigenvalue weighted by molar-refractivity contribution is 6.07. The van der Waals surface area contributed by atoms with Crippen LogP contribution in [0.1, 0.15) is 15.9 Å². The average molecular weight is 435 g/mol. The van der Waals surface area contributed by atoms with Crippen LogP contribution in [-0.2, 0) is 9.53 Å². The zero-order chi connectivity index (χ0) is 22.3. The van der Waals surface area contributed by atoms with Gasteiger partial charge in [-0.1, -0.05) is 18.2 Å². The first-order valence-corrected chi connectivity index (χ1v) is 9.47. The second kappa shape index (κ2) is 10.1. The van der Waals surface area contributed by atoms with Gasteiger partial charge in [0.1, 0.15) is 11.5 Å². The van der Waals surface area contributed by atoms with Crippen molar-refractivity contribution in [2.45, 2.75) is 6.36 Å². The Morgan fingerprint density at radius 1 is 1.03 bits per heavy atom. The largest absolute Gasteiger partial charge is 0.573 e. The van der Waals surface area contributed by atoms with Crippen molar-refractivity contribution in [3.8, 4) is 11.5 Å². The van der Waals surface area contributed by atoms with E-state index in [1.165, 1.54) is 42.5 Å². The molecule has 0 N–H and O–H groups in total. The molecule has 1 fully saturated rings. The molecule has 0 unspecified atom stereocenters. The quantitative estimate of drug-likeness (QED) is 0.490. The summed E-state index contributed by atoms with van der Waals surface area (Å²) in [5.41, 5.74) is 0.437. The van der Waals surface area contributed by atoms with Crippen LogP contribution in [0.3, 0.4) is 0 Å². The van der Waals surface area contributed by atoms with Gasteiger partial charge in [0.2, 0.25) is 0 Å². The summed E-state index contributed by atoms with van der Waals surface area (Å²) in [4.78, 5) is 26.1. The molecule has 0 radical (unpaired) electrons. The van der Waals surface area contributed by atoms with Gasteiger partial charge in [0, 0.05) is 24.2 Å². The Labute approximate surface area is 176 Å². The van der Waals surface area contributed by atoms with E-state index in [2.05, 4.69) is 4.74 Å². The van der Waals surface area contributed by atoms with E-state index in [4.69, 9.17) is 9.47 Å². The van der Waals surface area contributed by atoms with Gasteiger partial charge in [-0.25, -0.2) is 0 Å². The Morgan fingerprint density at radius 3 is 2.39 bits per heavy atom. The van der Waals surface area contributed by atoms with E-state index in [0.29, 0.717) is 37.6 Å². The molecule has 0 aliphatic carbocycles. The second-order valence-electron chi connectivity index (χ2n) is 6.59. The van der Waals surface area contributed by atoms with Gasteiger partial charge >= 0.3 is 6.36 Å². The fourth-order valence-electron chi connectivity index (χ4n) is 2.86. The van der Waals surface area contributed by atoms with Crippen LogP contribution in [0.15, 0.2) is 54.6 Å². The van der Waals surface area contributed by atoms with E-state index < -0.39 is 17.9 Å². The Hall–Kier alpha value is -3.33. The monoisotopic (exact) mass is 435 g/mol. The fourth-order valence-corrected chi connectivity index (χ4v) is 2.86. The number of alkyl halides is 3. The van der Waals surface area contributed by atoms with Crippen molar-refractivity contribution < 1.29 is 37.0 Å². The molecule has 6 nitrogen and oxygen atoms in total.